The Morgan fingerprint density at radius 1 is 1.14 bits per heavy atom. The van der Waals surface area contributed by atoms with Crippen LogP contribution < -0.4 is 31.4 Å². The summed E-state index contributed by atoms with van der Waals surface area (Å²) in [5, 5.41) is 20.8. The number of nitrogens with two attached hydrogens (primary N) is 1. The predicted octanol–water partition coefficient (Wildman–Crippen LogP) is 4.36. The predicted molar refractivity (Wildman–Crippen MR) is 210 cm³/mol. The summed E-state index contributed by atoms with van der Waals surface area (Å²) >= 11 is 0. The molecule has 2 fully saturated rings. The minimum absolute atomic E-state index is 0.0281. The first-order chi connectivity index (χ1) is 24.2. The second-order valence-corrected chi connectivity index (χ2v) is 14.0. The number of benzene rings is 1. The van der Waals surface area contributed by atoms with Gasteiger partial charge in [0.05, 0.1) is 24.8 Å². The van der Waals surface area contributed by atoms with Gasteiger partial charge in [0.2, 0.25) is 5.84 Å². The molecule has 0 saturated carbocycles. The van der Waals surface area contributed by atoms with Crippen LogP contribution in [-0.4, -0.2) is 78.1 Å². The van der Waals surface area contributed by atoms with Crippen LogP contribution in [0, 0.1) is 0 Å². The van der Waals surface area contributed by atoms with Crippen molar-refractivity contribution in [2.75, 3.05) is 26.7 Å². The number of nitrogens with one attached hydrogen (secondary N) is 4. The molecule has 0 radical (unpaired) electrons. The van der Waals surface area contributed by atoms with Crippen molar-refractivity contribution in [3.05, 3.63) is 76.2 Å². The smallest absolute Gasteiger partial charge is 0.255 e. The zero-order valence-corrected chi connectivity index (χ0v) is 33.4. The molecule has 3 aliphatic heterocycles. The van der Waals surface area contributed by atoms with Crippen LogP contribution >= 0.6 is 0 Å². The Morgan fingerprint density at radius 2 is 1.82 bits per heavy atom. The van der Waals surface area contributed by atoms with Crippen LogP contribution in [0.5, 0.6) is 5.75 Å². The number of amidine groups is 1. The zero-order valence-electron chi connectivity index (χ0n) is 33.4. The third kappa shape index (κ3) is 10.1. The number of nitrogens with zero attached hydrogens (tertiary/aromatic N) is 1. The summed E-state index contributed by atoms with van der Waals surface area (Å²) in [7, 11) is 1.65. The van der Waals surface area contributed by atoms with Gasteiger partial charge in [-0.25, -0.2) is 0 Å². The molecule has 1 aromatic carbocycles. The molecule has 2 saturated heterocycles. The molecule has 0 aromatic heterocycles. The van der Waals surface area contributed by atoms with Crippen LogP contribution in [0.3, 0.4) is 0 Å². The highest BCUT2D eigenvalue weighted by molar-refractivity contribution is 5.98. The SMILES string of the molecule is CC.CCC(N)=[NH+]C1CNC(=C(C)C)N2C[C@@H](NC(=O)c3cccc4c3OCCC4(C)C)[C@@H](O)C12C.C\C=C(/C=C\C(=C\CC)C(=O)NC)CC. The summed E-state index contributed by atoms with van der Waals surface area (Å²) in [6.45, 7) is 24.3. The largest absolute Gasteiger partial charge is 0.492 e. The highest BCUT2D eigenvalue weighted by Gasteiger charge is 2.59. The third-order valence-corrected chi connectivity index (χ3v) is 10.1. The van der Waals surface area contributed by atoms with Gasteiger partial charge in [-0.15, -0.1) is 0 Å². The average Bonchev–Trinajstić information content (AvgIpc) is 3.38. The molecule has 4 atom stereocenters. The van der Waals surface area contributed by atoms with E-state index in [1.165, 1.54) is 5.57 Å². The van der Waals surface area contributed by atoms with Gasteiger partial charge >= 0.3 is 0 Å². The van der Waals surface area contributed by atoms with E-state index in [1.54, 1.807) is 13.1 Å². The maximum atomic E-state index is 13.5. The first-order valence-corrected chi connectivity index (χ1v) is 18.8. The summed E-state index contributed by atoms with van der Waals surface area (Å²) < 4.78 is 5.96. The van der Waals surface area contributed by atoms with Gasteiger partial charge in [-0.05, 0) is 70.1 Å². The molecule has 1 aromatic rings. The Kier molecular flexibility index (Phi) is 16.5. The second-order valence-electron chi connectivity index (χ2n) is 14.0. The normalized spacial score (nSPS) is 24.1. The highest BCUT2D eigenvalue weighted by atomic mass is 16.5. The molecule has 2 amide bonds. The summed E-state index contributed by atoms with van der Waals surface area (Å²) in [5.74, 6) is 2.08. The Labute approximate surface area is 307 Å². The standard InChI is InChI=1S/C26H39N5O3.C13H21NO.C2H6/c1-7-20(27)30-19-13-28-23(15(2)3)31-14-18(22(32)26(19,31)6)29-24(33)16-9-8-10-17-21(16)34-12-11-25(17,4)5;1-5-8-12(13(15)14-4)10-9-11(6-2)7-3;1-2/h8-10,18-19,22,28,32H,7,11-14H2,1-6H3,(H2,27,30)(H,29,33);6,8-10H,5,7H2,1-4H3,(H,14,15);1-2H3/p+1/b;10-9-,11-6-,12-8-;/t18-,19?,22-,26?;;/m1../s1. The summed E-state index contributed by atoms with van der Waals surface area (Å²) in [6.07, 6.45) is 10.5. The molecule has 4 rings (SSSR count). The van der Waals surface area contributed by atoms with Crippen LogP contribution in [0.25, 0.3) is 0 Å². The summed E-state index contributed by atoms with van der Waals surface area (Å²) in [5.41, 5.74) is 10.1. The first kappa shape index (κ1) is 43.1. The van der Waals surface area contributed by atoms with E-state index in [2.05, 4.69) is 66.5 Å². The van der Waals surface area contributed by atoms with Crippen molar-refractivity contribution in [1.29, 1.82) is 0 Å². The maximum absolute atomic E-state index is 13.5. The number of hydrogen-bond donors (Lipinski definition) is 6. The lowest BCUT2D eigenvalue weighted by Crippen LogP contribution is -2.92. The van der Waals surface area contributed by atoms with Gasteiger partial charge in [0, 0.05) is 31.1 Å². The number of allylic oxidation sites excluding steroid dienone is 5. The summed E-state index contributed by atoms with van der Waals surface area (Å²) in [6, 6.07) is 5.17. The van der Waals surface area contributed by atoms with Crippen LogP contribution in [0.15, 0.2) is 65.0 Å². The molecular weight excluding hydrogens is 640 g/mol. The van der Waals surface area contributed by atoms with Crippen LogP contribution in [0.2, 0.25) is 0 Å². The van der Waals surface area contributed by atoms with Crippen molar-refractivity contribution >= 4 is 17.6 Å². The topological polar surface area (TPSA) is 143 Å². The Bertz CT molecular complexity index is 1500. The number of ether oxygens (including phenoxy) is 1. The fraction of sp³-hybridized carbons (Fsp3) is 0.585. The number of carbonyl (C=O) groups is 2. The van der Waals surface area contributed by atoms with E-state index >= 15 is 0 Å². The Hall–Kier alpha value is -4.05. The lowest BCUT2D eigenvalue weighted by molar-refractivity contribution is -0.525. The number of aliphatic hydroxyl groups is 1. The number of rotatable bonds is 9. The molecule has 3 aliphatic rings. The van der Waals surface area contributed by atoms with Crippen molar-refractivity contribution in [3.8, 4) is 5.75 Å². The minimum atomic E-state index is -0.799. The molecule has 284 valence electrons. The van der Waals surface area contributed by atoms with E-state index in [-0.39, 0.29) is 23.3 Å². The molecule has 10 heteroatoms. The zero-order chi connectivity index (χ0) is 38.5. The summed E-state index contributed by atoms with van der Waals surface area (Å²) in [4.78, 5) is 30.5. The molecule has 3 heterocycles. The number of carbonyl (C=O) groups excluding carboxylic acids is 2. The van der Waals surface area contributed by atoms with Crippen molar-refractivity contribution in [3.63, 3.8) is 0 Å². The molecular formula is C41H67N6O4+. The molecule has 51 heavy (non-hydrogen) atoms. The molecule has 10 nitrogen and oxygen atoms in total. The van der Waals surface area contributed by atoms with Crippen LogP contribution in [-0.2, 0) is 10.2 Å². The lowest BCUT2D eigenvalue weighted by Gasteiger charge is -2.47. The monoisotopic (exact) mass is 708 g/mol. The number of amides is 2. The van der Waals surface area contributed by atoms with E-state index in [4.69, 9.17) is 10.5 Å². The maximum Gasteiger partial charge on any atom is 0.255 e. The van der Waals surface area contributed by atoms with Gasteiger partial charge in [-0.2, -0.15) is 0 Å². The quantitative estimate of drug-likeness (QED) is 0.0970. The number of para-hydroxylation sites is 1. The molecule has 7 N–H and O–H groups in total. The van der Waals surface area contributed by atoms with Crippen molar-refractivity contribution in [2.24, 2.45) is 5.73 Å². The van der Waals surface area contributed by atoms with E-state index in [1.807, 2.05) is 71.9 Å². The lowest BCUT2D eigenvalue weighted by atomic mass is 9.79. The number of fused-ring (bicyclic) bond motifs is 2. The Balaban J connectivity index is 0.000000448. The number of hydrogen-bond acceptors (Lipinski definition) is 6. The fourth-order valence-corrected chi connectivity index (χ4v) is 6.79. The number of likely N-dealkylation sites (N-methyl/N-ethyl adjacent to an activating group) is 1. The van der Waals surface area contributed by atoms with Crippen LogP contribution in [0.1, 0.15) is 118 Å². The van der Waals surface area contributed by atoms with Gasteiger partial charge in [-0.3, -0.25) is 20.3 Å². The van der Waals surface area contributed by atoms with Crippen molar-refractivity contribution < 1.29 is 24.4 Å². The van der Waals surface area contributed by atoms with E-state index in [0.29, 0.717) is 43.3 Å². The van der Waals surface area contributed by atoms with Crippen molar-refractivity contribution in [2.45, 2.75) is 131 Å². The van der Waals surface area contributed by atoms with Gasteiger partial charge in [0.25, 0.3) is 11.8 Å². The van der Waals surface area contributed by atoms with Crippen LogP contribution in [0.4, 0.5) is 0 Å². The molecule has 2 unspecified atom stereocenters. The first-order valence-electron chi connectivity index (χ1n) is 18.8. The van der Waals surface area contributed by atoms with Gasteiger partial charge in [-0.1, -0.05) is 84.4 Å². The molecule has 0 spiro atoms. The van der Waals surface area contributed by atoms with Gasteiger partial charge < -0.3 is 30.7 Å². The number of aliphatic hydroxyl groups excluding tert-OH is 1. The second kappa shape index (κ2) is 19.5. The third-order valence-electron chi connectivity index (χ3n) is 10.1. The van der Waals surface area contributed by atoms with Gasteiger partial charge in [0.1, 0.15) is 29.3 Å². The van der Waals surface area contributed by atoms with E-state index in [9.17, 15) is 14.7 Å². The fourth-order valence-electron chi connectivity index (χ4n) is 6.79. The Morgan fingerprint density at radius 3 is 2.39 bits per heavy atom. The average molecular weight is 708 g/mol. The van der Waals surface area contributed by atoms with E-state index < -0.39 is 17.7 Å². The van der Waals surface area contributed by atoms with E-state index in [0.717, 1.165) is 41.8 Å². The molecule has 0 bridgehead atoms. The highest BCUT2D eigenvalue weighted by Crippen LogP contribution is 2.41. The van der Waals surface area contributed by atoms with Gasteiger partial charge in [0.15, 0.2) is 0 Å². The van der Waals surface area contributed by atoms with Crippen molar-refractivity contribution in [1.82, 2.24) is 20.9 Å². The molecule has 0 aliphatic carbocycles. The minimum Gasteiger partial charge on any atom is -0.492 e.